The maximum atomic E-state index is 12.8. The summed E-state index contributed by atoms with van der Waals surface area (Å²) in [5.41, 5.74) is 0.382. The van der Waals surface area contributed by atoms with E-state index >= 15 is 0 Å². The summed E-state index contributed by atoms with van der Waals surface area (Å²) in [7, 11) is 0. The Morgan fingerprint density at radius 1 is 1.13 bits per heavy atom. The standard InChI is InChI=1S/C17H14ClFO4/c18-12-5-8-16(21)14(10-12)17(22)23-9-1-2-15(20)11-3-6-13(19)7-4-11/h3-8,10,21H,1-2,9H2. The minimum Gasteiger partial charge on any atom is -0.507 e. The fourth-order valence-electron chi connectivity index (χ4n) is 1.93. The lowest BCUT2D eigenvalue weighted by Gasteiger charge is -2.06. The lowest BCUT2D eigenvalue weighted by Crippen LogP contribution is -2.08. The molecular formula is C17H14ClFO4. The summed E-state index contributed by atoms with van der Waals surface area (Å²) in [6, 6.07) is 9.32. The molecule has 0 aromatic heterocycles. The van der Waals surface area contributed by atoms with Crippen LogP contribution in [0.5, 0.6) is 5.75 Å². The van der Waals surface area contributed by atoms with E-state index in [1.54, 1.807) is 0 Å². The summed E-state index contributed by atoms with van der Waals surface area (Å²) in [6.07, 6.45) is 0.490. The summed E-state index contributed by atoms with van der Waals surface area (Å²) in [6.45, 7) is 0.0255. The minimum absolute atomic E-state index is 0.0255. The Kier molecular flexibility index (Phi) is 5.71. The van der Waals surface area contributed by atoms with Crippen molar-refractivity contribution in [1.29, 1.82) is 0 Å². The largest absolute Gasteiger partial charge is 0.507 e. The van der Waals surface area contributed by atoms with Crippen LogP contribution < -0.4 is 0 Å². The number of phenols is 1. The van der Waals surface area contributed by atoms with E-state index in [0.717, 1.165) is 0 Å². The van der Waals surface area contributed by atoms with E-state index in [4.69, 9.17) is 16.3 Å². The molecule has 6 heteroatoms. The molecule has 0 unspecified atom stereocenters. The second-order valence-corrected chi connectivity index (χ2v) is 5.27. The van der Waals surface area contributed by atoms with Gasteiger partial charge in [0.25, 0.3) is 0 Å². The number of carbonyl (C=O) groups excluding carboxylic acids is 2. The van der Waals surface area contributed by atoms with Gasteiger partial charge in [0, 0.05) is 17.0 Å². The second-order valence-electron chi connectivity index (χ2n) is 4.83. The van der Waals surface area contributed by atoms with Crippen LogP contribution in [0.1, 0.15) is 33.6 Å². The van der Waals surface area contributed by atoms with Gasteiger partial charge in [0.1, 0.15) is 17.1 Å². The molecule has 0 saturated heterocycles. The maximum Gasteiger partial charge on any atom is 0.341 e. The van der Waals surface area contributed by atoms with Crippen molar-refractivity contribution in [3.05, 3.63) is 64.4 Å². The Balaban J connectivity index is 1.81. The first-order chi connectivity index (χ1) is 11.0. The number of hydrogen-bond acceptors (Lipinski definition) is 4. The Hall–Kier alpha value is -2.40. The fraction of sp³-hybridized carbons (Fsp3) is 0.176. The van der Waals surface area contributed by atoms with E-state index in [1.165, 1.54) is 42.5 Å². The number of benzene rings is 2. The minimum atomic E-state index is -0.709. The van der Waals surface area contributed by atoms with Crippen LogP contribution in [0.3, 0.4) is 0 Å². The first kappa shape index (κ1) is 17.0. The van der Waals surface area contributed by atoms with Crippen molar-refractivity contribution >= 4 is 23.4 Å². The Labute approximate surface area is 137 Å². The first-order valence-electron chi connectivity index (χ1n) is 6.92. The summed E-state index contributed by atoms with van der Waals surface area (Å²) < 4.78 is 17.8. The van der Waals surface area contributed by atoms with Crippen molar-refractivity contribution in [2.45, 2.75) is 12.8 Å². The highest BCUT2D eigenvalue weighted by Gasteiger charge is 2.13. The van der Waals surface area contributed by atoms with Gasteiger partial charge in [0.2, 0.25) is 0 Å². The quantitative estimate of drug-likeness (QED) is 0.492. The van der Waals surface area contributed by atoms with Crippen LogP contribution in [-0.4, -0.2) is 23.5 Å². The van der Waals surface area contributed by atoms with Crippen LogP contribution in [-0.2, 0) is 4.74 Å². The van der Waals surface area contributed by atoms with Crippen LogP contribution >= 0.6 is 11.6 Å². The number of aromatic hydroxyl groups is 1. The van der Waals surface area contributed by atoms with Crippen molar-refractivity contribution in [2.75, 3.05) is 6.61 Å². The molecule has 4 nitrogen and oxygen atoms in total. The first-order valence-corrected chi connectivity index (χ1v) is 7.29. The van der Waals surface area contributed by atoms with Gasteiger partial charge in [-0.05, 0) is 48.9 Å². The molecule has 2 rings (SSSR count). The highest BCUT2D eigenvalue weighted by molar-refractivity contribution is 6.31. The van der Waals surface area contributed by atoms with E-state index in [1.807, 2.05) is 0 Å². The van der Waals surface area contributed by atoms with Crippen molar-refractivity contribution < 1.29 is 23.8 Å². The van der Waals surface area contributed by atoms with E-state index in [9.17, 15) is 19.1 Å². The molecular weight excluding hydrogens is 323 g/mol. The van der Waals surface area contributed by atoms with Crippen molar-refractivity contribution in [3.63, 3.8) is 0 Å². The summed E-state index contributed by atoms with van der Waals surface area (Å²) in [5.74, 6) is -1.50. The zero-order valence-electron chi connectivity index (χ0n) is 12.1. The van der Waals surface area contributed by atoms with Gasteiger partial charge in [-0.2, -0.15) is 0 Å². The summed E-state index contributed by atoms with van der Waals surface area (Å²) in [5, 5.41) is 9.88. The van der Waals surface area contributed by atoms with Gasteiger partial charge in [-0.15, -0.1) is 0 Å². The van der Waals surface area contributed by atoms with Crippen molar-refractivity contribution in [1.82, 2.24) is 0 Å². The summed E-state index contributed by atoms with van der Waals surface area (Å²) in [4.78, 5) is 23.7. The smallest absolute Gasteiger partial charge is 0.341 e. The van der Waals surface area contributed by atoms with E-state index in [-0.39, 0.29) is 30.1 Å². The molecule has 0 bridgehead atoms. The molecule has 0 radical (unpaired) electrons. The predicted octanol–water partition coefficient (Wildman–Crippen LogP) is 4.00. The Morgan fingerprint density at radius 2 is 1.83 bits per heavy atom. The number of halogens is 2. The molecule has 2 aromatic carbocycles. The van der Waals surface area contributed by atoms with Crippen molar-refractivity contribution in [2.24, 2.45) is 0 Å². The fourth-order valence-corrected chi connectivity index (χ4v) is 2.10. The predicted molar refractivity (Wildman–Crippen MR) is 83.4 cm³/mol. The third-order valence-corrected chi connectivity index (χ3v) is 3.36. The lowest BCUT2D eigenvalue weighted by atomic mass is 10.1. The molecule has 0 fully saturated rings. The van der Waals surface area contributed by atoms with E-state index in [0.29, 0.717) is 17.0 Å². The second kappa shape index (κ2) is 7.74. The molecule has 0 amide bonds. The van der Waals surface area contributed by atoms with Gasteiger partial charge < -0.3 is 9.84 Å². The van der Waals surface area contributed by atoms with Crippen molar-refractivity contribution in [3.8, 4) is 5.75 Å². The van der Waals surface area contributed by atoms with E-state index in [2.05, 4.69) is 0 Å². The number of ether oxygens (including phenoxy) is 1. The molecule has 0 spiro atoms. The zero-order chi connectivity index (χ0) is 16.8. The topological polar surface area (TPSA) is 63.6 Å². The van der Waals surface area contributed by atoms with Crippen LogP contribution in [0.15, 0.2) is 42.5 Å². The number of rotatable bonds is 6. The number of ketones is 1. The van der Waals surface area contributed by atoms with Gasteiger partial charge in [-0.25, -0.2) is 9.18 Å². The molecule has 0 aliphatic carbocycles. The highest BCUT2D eigenvalue weighted by atomic mass is 35.5. The van der Waals surface area contributed by atoms with Gasteiger partial charge in [-0.3, -0.25) is 4.79 Å². The molecule has 0 atom stereocenters. The molecule has 0 heterocycles. The molecule has 0 aliphatic rings. The average Bonchev–Trinajstić information content (AvgIpc) is 2.54. The number of Topliss-reactive ketones (excluding diaryl/α,β-unsaturated/α-hetero) is 1. The molecule has 2 aromatic rings. The molecule has 0 saturated carbocycles. The number of hydrogen-bond donors (Lipinski definition) is 1. The van der Waals surface area contributed by atoms with Gasteiger partial charge in [-0.1, -0.05) is 11.6 Å². The van der Waals surface area contributed by atoms with Gasteiger partial charge in [0.05, 0.1) is 6.61 Å². The van der Waals surface area contributed by atoms with Crippen LogP contribution in [0.4, 0.5) is 4.39 Å². The normalized spacial score (nSPS) is 10.3. The molecule has 120 valence electrons. The molecule has 1 N–H and O–H groups in total. The highest BCUT2D eigenvalue weighted by Crippen LogP contribution is 2.22. The Bertz CT molecular complexity index is 713. The zero-order valence-corrected chi connectivity index (χ0v) is 12.8. The van der Waals surface area contributed by atoms with Crippen LogP contribution in [0.25, 0.3) is 0 Å². The molecule has 23 heavy (non-hydrogen) atoms. The van der Waals surface area contributed by atoms with Crippen LogP contribution in [0, 0.1) is 5.82 Å². The monoisotopic (exact) mass is 336 g/mol. The maximum absolute atomic E-state index is 12.8. The SMILES string of the molecule is O=C(CCCOC(=O)c1cc(Cl)ccc1O)c1ccc(F)cc1. The number of phenolic OH excluding ortho intramolecular Hbond substituents is 1. The third kappa shape index (κ3) is 4.79. The number of esters is 1. The van der Waals surface area contributed by atoms with Gasteiger partial charge >= 0.3 is 5.97 Å². The number of carbonyl (C=O) groups is 2. The average molecular weight is 337 g/mol. The van der Waals surface area contributed by atoms with E-state index < -0.39 is 11.8 Å². The third-order valence-electron chi connectivity index (χ3n) is 3.13. The van der Waals surface area contributed by atoms with Gasteiger partial charge in [0.15, 0.2) is 5.78 Å². The molecule has 0 aliphatic heterocycles. The Morgan fingerprint density at radius 3 is 2.52 bits per heavy atom. The summed E-state index contributed by atoms with van der Waals surface area (Å²) >= 11 is 5.75. The lowest BCUT2D eigenvalue weighted by molar-refractivity contribution is 0.0491. The van der Waals surface area contributed by atoms with Crippen LogP contribution in [0.2, 0.25) is 5.02 Å².